The van der Waals surface area contributed by atoms with Gasteiger partial charge < -0.3 is 14.8 Å². The summed E-state index contributed by atoms with van der Waals surface area (Å²) in [5.41, 5.74) is 0.653. The molecule has 2 rings (SSSR count). The molecule has 0 atom stereocenters. The molecule has 2 N–H and O–H groups in total. The zero-order valence-electron chi connectivity index (χ0n) is 12.3. The van der Waals surface area contributed by atoms with Crippen LogP contribution in [0, 0.1) is 0 Å². The average molecular weight is 324 g/mol. The van der Waals surface area contributed by atoms with Gasteiger partial charge in [0.15, 0.2) is 11.6 Å². The van der Waals surface area contributed by atoms with E-state index in [9.17, 15) is 8.42 Å². The summed E-state index contributed by atoms with van der Waals surface area (Å²) in [6, 6.07) is 8.38. The highest BCUT2D eigenvalue weighted by Crippen LogP contribution is 2.30. The molecule has 0 aliphatic carbocycles. The number of nitrogens with zero attached hydrogens (tertiary/aromatic N) is 2. The molecule has 0 aliphatic heterocycles. The second-order valence-corrected chi connectivity index (χ2v) is 6.12. The molecule has 0 aliphatic rings. The molecule has 22 heavy (non-hydrogen) atoms. The van der Waals surface area contributed by atoms with Crippen LogP contribution in [0.5, 0.6) is 11.5 Å². The van der Waals surface area contributed by atoms with Gasteiger partial charge in [-0.05, 0) is 24.3 Å². The molecule has 0 fully saturated rings. The lowest BCUT2D eigenvalue weighted by Crippen LogP contribution is -2.11. The number of anilines is 3. The maximum absolute atomic E-state index is 11.1. The summed E-state index contributed by atoms with van der Waals surface area (Å²) in [5, 5.41) is 10.7. The molecule has 1 heterocycles. The van der Waals surface area contributed by atoms with Crippen LogP contribution in [0.15, 0.2) is 30.3 Å². The minimum Gasteiger partial charge on any atom is -0.497 e. The smallest absolute Gasteiger partial charge is 0.231 e. The first kappa shape index (κ1) is 15.8. The van der Waals surface area contributed by atoms with Crippen molar-refractivity contribution in [2.75, 3.05) is 30.5 Å². The van der Waals surface area contributed by atoms with E-state index in [1.165, 1.54) is 6.07 Å². The van der Waals surface area contributed by atoms with Gasteiger partial charge in [-0.3, -0.25) is 4.72 Å². The molecule has 9 heteroatoms. The number of rotatable bonds is 6. The molecule has 0 saturated carbocycles. The van der Waals surface area contributed by atoms with Gasteiger partial charge in [-0.25, -0.2) is 8.42 Å². The Morgan fingerprint density at radius 3 is 2.23 bits per heavy atom. The van der Waals surface area contributed by atoms with Crippen molar-refractivity contribution >= 4 is 27.3 Å². The van der Waals surface area contributed by atoms with Gasteiger partial charge in [0.25, 0.3) is 0 Å². The minimum absolute atomic E-state index is 0.144. The highest BCUT2D eigenvalue weighted by Gasteiger charge is 2.08. The van der Waals surface area contributed by atoms with Crippen LogP contribution in [0.25, 0.3) is 0 Å². The van der Waals surface area contributed by atoms with Crippen LogP contribution in [0.1, 0.15) is 0 Å². The van der Waals surface area contributed by atoms with Crippen molar-refractivity contribution in [3.05, 3.63) is 30.3 Å². The zero-order chi connectivity index (χ0) is 16.2. The molecule has 0 amide bonds. The molecule has 2 aromatic rings. The van der Waals surface area contributed by atoms with Gasteiger partial charge in [-0.15, -0.1) is 10.2 Å². The number of hydrogen-bond donors (Lipinski definition) is 2. The van der Waals surface area contributed by atoms with Crippen LogP contribution in [0.4, 0.5) is 17.3 Å². The third kappa shape index (κ3) is 4.22. The molecular formula is C13H16N4O4S. The van der Waals surface area contributed by atoms with Crippen LogP contribution in [0.3, 0.4) is 0 Å². The summed E-state index contributed by atoms with van der Waals surface area (Å²) in [4.78, 5) is 0. The van der Waals surface area contributed by atoms with Gasteiger partial charge in [0, 0.05) is 6.07 Å². The summed E-state index contributed by atoms with van der Waals surface area (Å²) in [7, 11) is -0.258. The fourth-order valence-corrected chi connectivity index (χ4v) is 2.18. The summed E-state index contributed by atoms with van der Waals surface area (Å²) in [5.74, 6) is 1.85. The second kappa shape index (κ2) is 6.48. The quantitative estimate of drug-likeness (QED) is 0.832. The van der Waals surface area contributed by atoms with Gasteiger partial charge in [0.1, 0.15) is 11.5 Å². The van der Waals surface area contributed by atoms with Gasteiger partial charge in [-0.2, -0.15) is 0 Å². The Hall–Kier alpha value is -2.55. The van der Waals surface area contributed by atoms with Crippen LogP contribution in [0.2, 0.25) is 0 Å². The second-order valence-electron chi connectivity index (χ2n) is 4.37. The fraction of sp³-hybridized carbons (Fsp3) is 0.231. The standard InChI is InChI=1S/C13H16N4O4S/c1-20-9-4-5-11(21-2)10(8-9)14-12-6-7-13(16-15-12)17-22(3,18)19/h4-8H,1-3H3,(H,14,15)(H,16,17). The largest absolute Gasteiger partial charge is 0.497 e. The van der Waals surface area contributed by atoms with E-state index in [1.54, 1.807) is 38.5 Å². The van der Waals surface area contributed by atoms with Crippen molar-refractivity contribution in [2.24, 2.45) is 0 Å². The Balaban J connectivity index is 2.20. The number of methoxy groups -OCH3 is 2. The predicted molar refractivity (Wildman–Crippen MR) is 83.3 cm³/mol. The van der Waals surface area contributed by atoms with Crippen molar-refractivity contribution in [3.63, 3.8) is 0 Å². The maximum Gasteiger partial charge on any atom is 0.231 e. The Morgan fingerprint density at radius 2 is 1.68 bits per heavy atom. The van der Waals surface area contributed by atoms with Crippen LogP contribution < -0.4 is 19.5 Å². The SMILES string of the molecule is COc1ccc(OC)c(Nc2ccc(NS(C)(=O)=O)nn2)c1. The molecule has 0 spiro atoms. The number of sulfonamides is 1. The normalized spacial score (nSPS) is 10.9. The van der Waals surface area contributed by atoms with E-state index in [1.807, 2.05) is 0 Å². The molecule has 8 nitrogen and oxygen atoms in total. The first-order valence-electron chi connectivity index (χ1n) is 6.22. The van der Waals surface area contributed by atoms with Crippen LogP contribution in [-0.2, 0) is 10.0 Å². The van der Waals surface area contributed by atoms with Gasteiger partial charge in [0.05, 0.1) is 26.2 Å². The number of aromatic nitrogens is 2. The lowest BCUT2D eigenvalue weighted by molar-refractivity contribution is 0.405. The molecule has 0 bridgehead atoms. The summed E-state index contributed by atoms with van der Waals surface area (Å²) < 4.78 is 34.9. The van der Waals surface area contributed by atoms with Gasteiger partial charge in [-0.1, -0.05) is 0 Å². The Kier molecular flexibility index (Phi) is 4.66. The van der Waals surface area contributed by atoms with E-state index in [0.717, 1.165) is 6.26 Å². The van der Waals surface area contributed by atoms with Crippen molar-refractivity contribution in [1.29, 1.82) is 0 Å². The molecule has 0 radical (unpaired) electrons. The van der Waals surface area contributed by atoms with Crippen molar-refractivity contribution in [2.45, 2.75) is 0 Å². The number of benzene rings is 1. The van der Waals surface area contributed by atoms with Gasteiger partial charge in [0.2, 0.25) is 10.0 Å². The van der Waals surface area contributed by atoms with E-state index in [2.05, 4.69) is 20.2 Å². The Bertz CT molecular complexity index is 747. The zero-order valence-corrected chi connectivity index (χ0v) is 13.1. The van der Waals surface area contributed by atoms with E-state index in [-0.39, 0.29) is 5.82 Å². The number of nitrogens with one attached hydrogen (secondary N) is 2. The Labute approximate surface area is 128 Å². The molecule has 1 aromatic heterocycles. The van der Waals surface area contributed by atoms with E-state index < -0.39 is 10.0 Å². The van der Waals surface area contributed by atoms with Crippen LogP contribution in [-0.4, -0.2) is 39.1 Å². The third-order valence-corrected chi connectivity index (χ3v) is 3.20. The first-order valence-corrected chi connectivity index (χ1v) is 8.11. The molecule has 0 saturated heterocycles. The van der Waals surface area contributed by atoms with Crippen molar-refractivity contribution in [3.8, 4) is 11.5 Å². The Morgan fingerprint density at radius 1 is 1.00 bits per heavy atom. The minimum atomic E-state index is -3.38. The van der Waals surface area contributed by atoms with Gasteiger partial charge >= 0.3 is 0 Å². The highest BCUT2D eigenvalue weighted by molar-refractivity contribution is 7.92. The van der Waals surface area contributed by atoms with E-state index in [4.69, 9.17) is 9.47 Å². The lowest BCUT2D eigenvalue weighted by atomic mass is 10.2. The molecule has 1 aromatic carbocycles. The monoisotopic (exact) mass is 324 g/mol. The summed E-state index contributed by atoms with van der Waals surface area (Å²) >= 11 is 0. The topological polar surface area (TPSA) is 102 Å². The average Bonchev–Trinajstić information content (AvgIpc) is 2.47. The van der Waals surface area contributed by atoms with Crippen molar-refractivity contribution < 1.29 is 17.9 Å². The van der Waals surface area contributed by atoms with Crippen molar-refractivity contribution in [1.82, 2.24) is 10.2 Å². The lowest BCUT2D eigenvalue weighted by Gasteiger charge is -2.12. The summed E-state index contributed by atoms with van der Waals surface area (Å²) in [6.45, 7) is 0. The number of ether oxygens (including phenoxy) is 2. The molecular weight excluding hydrogens is 308 g/mol. The maximum atomic E-state index is 11.1. The predicted octanol–water partition coefficient (Wildman–Crippen LogP) is 1.61. The molecule has 0 unspecified atom stereocenters. The van der Waals surface area contributed by atoms with E-state index in [0.29, 0.717) is 23.0 Å². The number of hydrogen-bond acceptors (Lipinski definition) is 7. The molecule has 118 valence electrons. The highest BCUT2D eigenvalue weighted by atomic mass is 32.2. The third-order valence-electron chi connectivity index (χ3n) is 2.62. The van der Waals surface area contributed by atoms with Crippen LogP contribution >= 0.6 is 0 Å². The van der Waals surface area contributed by atoms with E-state index >= 15 is 0 Å². The summed E-state index contributed by atoms with van der Waals surface area (Å²) in [6.07, 6.45) is 1.04. The first-order chi connectivity index (χ1) is 10.4. The fourth-order valence-electron chi connectivity index (χ4n) is 1.69.